The number of nitrogens with zero attached hydrogens (tertiary/aromatic N) is 1. The fourth-order valence-corrected chi connectivity index (χ4v) is 1.37. The van der Waals surface area contributed by atoms with Gasteiger partial charge in [0.15, 0.2) is 0 Å². The molecular formula is C10H24N2O. The first-order chi connectivity index (χ1) is 5.89. The van der Waals surface area contributed by atoms with E-state index in [-0.39, 0.29) is 0 Å². The van der Waals surface area contributed by atoms with Crippen LogP contribution in [0.3, 0.4) is 0 Å². The van der Waals surface area contributed by atoms with Crippen LogP contribution in [0.4, 0.5) is 0 Å². The van der Waals surface area contributed by atoms with Crippen molar-refractivity contribution in [3.63, 3.8) is 0 Å². The molecule has 0 aliphatic heterocycles. The molecule has 0 amide bonds. The van der Waals surface area contributed by atoms with Gasteiger partial charge in [0.25, 0.3) is 0 Å². The number of likely N-dealkylation sites (N-methyl/N-ethyl adjacent to an activating group) is 1. The normalized spacial score (nSPS) is 15.0. The zero-order valence-corrected chi connectivity index (χ0v) is 9.38. The lowest BCUT2D eigenvalue weighted by Gasteiger charge is -2.29. The zero-order valence-electron chi connectivity index (χ0n) is 9.38. The lowest BCUT2D eigenvalue weighted by molar-refractivity contribution is 0.0340. The molecule has 3 nitrogen and oxygen atoms in total. The lowest BCUT2D eigenvalue weighted by Crippen LogP contribution is -2.41. The molecule has 1 atom stereocenters. The Labute approximate surface area is 81.9 Å². The van der Waals surface area contributed by atoms with Gasteiger partial charge in [-0.3, -0.25) is 0 Å². The first kappa shape index (κ1) is 12.9. The third-order valence-electron chi connectivity index (χ3n) is 2.03. The van der Waals surface area contributed by atoms with Gasteiger partial charge in [0.2, 0.25) is 0 Å². The van der Waals surface area contributed by atoms with Gasteiger partial charge in [-0.2, -0.15) is 0 Å². The molecular weight excluding hydrogens is 164 g/mol. The third-order valence-corrected chi connectivity index (χ3v) is 2.03. The Morgan fingerprint density at radius 2 is 2.00 bits per heavy atom. The van der Waals surface area contributed by atoms with Crippen LogP contribution < -0.4 is 5.73 Å². The van der Waals surface area contributed by atoms with E-state index in [9.17, 15) is 5.11 Å². The highest BCUT2D eigenvalue weighted by atomic mass is 16.3. The van der Waals surface area contributed by atoms with Crippen molar-refractivity contribution in [2.24, 2.45) is 11.7 Å². The third kappa shape index (κ3) is 6.99. The smallest absolute Gasteiger partial charge is 0.0718 e. The number of hydrogen-bond acceptors (Lipinski definition) is 3. The molecule has 80 valence electrons. The Bertz CT molecular complexity index is 131. The monoisotopic (exact) mass is 188 g/mol. The van der Waals surface area contributed by atoms with Crippen LogP contribution in [0.25, 0.3) is 0 Å². The highest BCUT2D eigenvalue weighted by Gasteiger charge is 2.17. The van der Waals surface area contributed by atoms with Crippen LogP contribution >= 0.6 is 0 Å². The molecule has 0 aromatic rings. The molecule has 1 unspecified atom stereocenters. The van der Waals surface area contributed by atoms with Crippen molar-refractivity contribution < 1.29 is 5.11 Å². The Morgan fingerprint density at radius 3 is 2.31 bits per heavy atom. The first-order valence-corrected chi connectivity index (χ1v) is 5.04. The van der Waals surface area contributed by atoms with Crippen molar-refractivity contribution in [2.75, 3.05) is 26.2 Å². The summed E-state index contributed by atoms with van der Waals surface area (Å²) in [6.07, 6.45) is 0. The van der Waals surface area contributed by atoms with Crippen LogP contribution in [0.5, 0.6) is 0 Å². The second-order valence-electron chi connectivity index (χ2n) is 4.48. The first-order valence-electron chi connectivity index (χ1n) is 5.04. The molecule has 3 N–H and O–H groups in total. The van der Waals surface area contributed by atoms with E-state index >= 15 is 0 Å². The van der Waals surface area contributed by atoms with Crippen LogP contribution in [0, 0.1) is 5.92 Å². The highest BCUT2D eigenvalue weighted by Crippen LogP contribution is 2.06. The van der Waals surface area contributed by atoms with Crippen molar-refractivity contribution in [1.82, 2.24) is 4.90 Å². The van der Waals surface area contributed by atoms with E-state index in [0.717, 1.165) is 13.1 Å². The quantitative estimate of drug-likeness (QED) is 0.644. The fraction of sp³-hybridized carbons (Fsp3) is 1.00. The number of rotatable bonds is 6. The van der Waals surface area contributed by atoms with Gasteiger partial charge in [-0.25, -0.2) is 0 Å². The molecule has 0 heterocycles. The van der Waals surface area contributed by atoms with Crippen molar-refractivity contribution in [3.05, 3.63) is 0 Å². The second-order valence-corrected chi connectivity index (χ2v) is 4.48. The minimum Gasteiger partial charge on any atom is -0.389 e. The molecule has 3 heteroatoms. The molecule has 0 radical (unpaired) electrons. The summed E-state index contributed by atoms with van der Waals surface area (Å²) in [6, 6.07) is 0. The molecule has 0 rings (SSSR count). The molecule has 13 heavy (non-hydrogen) atoms. The zero-order chi connectivity index (χ0) is 10.5. The summed E-state index contributed by atoms with van der Waals surface area (Å²) in [6.45, 7) is 11.3. The molecule has 0 fully saturated rings. The molecule has 0 bridgehead atoms. The van der Waals surface area contributed by atoms with Crippen LogP contribution in [0.1, 0.15) is 27.7 Å². The predicted molar refractivity (Wildman–Crippen MR) is 56.6 cm³/mol. The van der Waals surface area contributed by atoms with Gasteiger partial charge in [-0.05, 0) is 32.9 Å². The molecule has 0 aliphatic rings. The summed E-state index contributed by atoms with van der Waals surface area (Å²) < 4.78 is 0. The summed E-state index contributed by atoms with van der Waals surface area (Å²) in [5.41, 5.74) is 4.94. The molecule has 0 aliphatic carbocycles. The maximum absolute atomic E-state index is 9.63. The van der Waals surface area contributed by atoms with E-state index in [1.165, 1.54) is 0 Å². The summed E-state index contributed by atoms with van der Waals surface area (Å²) >= 11 is 0. The van der Waals surface area contributed by atoms with Gasteiger partial charge in [-0.1, -0.05) is 13.8 Å². The molecule has 0 spiro atoms. The predicted octanol–water partition coefficient (Wildman–Crippen LogP) is 0.674. The molecule has 0 saturated carbocycles. The van der Waals surface area contributed by atoms with Gasteiger partial charge < -0.3 is 15.7 Å². The van der Waals surface area contributed by atoms with E-state index in [4.69, 9.17) is 5.73 Å². The Hall–Kier alpha value is -0.120. The van der Waals surface area contributed by atoms with Gasteiger partial charge in [-0.15, -0.1) is 0 Å². The fourth-order valence-electron chi connectivity index (χ4n) is 1.37. The Kier molecular flexibility index (Phi) is 5.53. The van der Waals surface area contributed by atoms with Crippen LogP contribution in [-0.4, -0.2) is 41.8 Å². The van der Waals surface area contributed by atoms with Crippen molar-refractivity contribution in [1.29, 1.82) is 0 Å². The topological polar surface area (TPSA) is 49.5 Å². The molecule has 0 aromatic carbocycles. The standard InChI is InChI=1S/C10H24N2O/c1-5-12(7-9(2)6-11)8-10(3,4)13/h9,13H,5-8,11H2,1-4H3. The Balaban J connectivity index is 3.89. The van der Waals surface area contributed by atoms with Gasteiger partial charge >= 0.3 is 0 Å². The minimum atomic E-state index is -0.607. The maximum atomic E-state index is 9.63. The van der Waals surface area contributed by atoms with E-state index < -0.39 is 5.60 Å². The average Bonchev–Trinajstić information content (AvgIpc) is 2.00. The number of hydrogen-bond donors (Lipinski definition) is 2. The molecule has 0 aromatic heterocycles. The summed E-state index contributed by atoms with van der Waals surface area (Å²) in [4.78, 5) is 2.23. The van der Waals surface area contributed by atoms with Crippen molar-refractivity contribution >= 4 is 0 Å². The Morgan fingerprint density at radius 1 is 1.46 bits per heavy atom. The molecule has 0 saturated heterocycles. The lowest BCUT2D eigenvalue weighted by atomic mass is 10.1. The van der Waals surface area contributed by atoms with E-state index in [2.05, 4.69) is 18.7 Å². The van der Waals surface area contributed by atoms with E-state index in [1.54, 1.807) is 0 Å². The number of aliphatic hydroxyl groups is 1. The summed E-state index contributed by atoms with van der Waals surface area (Å²) in [7, 11) is 0. The second kappa shape index (κ2) is 5.58. The average molecular weight is 188 g/mol. The van der Waals surface area contributed by atoms with E-state index in [1.807, 2.05) is 13.8 Å². The minimum absolute atomic E-state index is 0.502. The SMILES string of the molecule is CCN(CC(C)CN)CC(C)(C)O. The maximum Gasteiger partial charge on any atom is 0.0718 e. The van der Waals surface area contributed by atoms with E-state index in [0.29, 0.717) is 19.0 Å². The van der Waals surface area contributed by atoms with Gasteiger partial charge in [0.05, 0.1) is 5.60 Å². The summed E-state index contributed by atoms with van der Waals surface area (Å²) in [5.74, 6) is 0.502. The highest BCUT2D eigenvalue weighted by molar-refractivity contribution is 4.72. The van der Waals surface area contributed by atoms with Crippen LogP contribution in [0.2, 0.25) is 0 Å². The van der Waals surface area contributed by atoms with Crippen molar-refractivity contribution in [3.8, 4) is 0 Å². The van der Waals surface area contributed by atoms with Crippen molar-refractivity contribution in [2.45, 2.75) is 33.3 Å². The number of nitrogens with two attached hydrogens (primary N) is 1. The van der Waals surface area contributed by atoms with Crippen LogP contribution in [-0.2, 0) is 0 Å². The van der Waals surface area contributed by atoms with Gasteiger partial charge in [0, 0.05) is 13.1 Å². The largest absolute Gasteiger partial charge is 0.389 e. The summed E-state index contributed by atoms with van der Waals surface area (Å²) in [5, 5.41) is 9.63. The van der Waals surface area contributed by atoms with Gasteiger partial charge in [0.1, 0.15) is 0 Å². The van der Waals surface area contributed by atoms with Crippen LogP contribution in [0.15, 0.2) is 0 Å².